The predicted molar refractivity (Wildman–Crippen MR) is 69.1 cm³/mol. The van der Waals surface area contributed by atoms with Gasteiger partial charge < -0.3 is 15.8 Å². The van der Waals surface area contributed by atoms with Gasteiger partial charge in [0.25, 0.3) is 5.56 Å². The number of fused-ring (bicyclic) bond motifs is 1. The smallest absolute Gasteiger partial charge is 0.341 e. The number of rotatable bonds is 2. The molecule has 0 radical (unpaired) electrons. The molecule has 1 aromatic heterocycles. The lowest BCUT2D eigenvalue weighted by Gasteiger charge is -2.11. The Labute approximate surface area is 107 Å². The van der Waals surface area contributed by atoms with Gasteiger partial charge in [0, 0.05) is 16.5 Å². The zero-order valence-corrected chi connectivity index (χ0v) is 10.3. The van der Waals surface area contributed by atoms with E-state index in [0.717, 1.165) is 0 Å². The third-order valence-corrected chi connectivity index (χ3v) is 2.89. The van der Waals surface area contributed by atoms with E-state index in [0.29, 0.717) is 21.5 Å². The second kappa shape index (κ2) is 4.44. The summed E-state index contributed by atoms with van der Waals surface area (Å²) >= 11 is 5.94. The van der Waals surface area contributed by atoms with Crippen LogP contribution in [0.25, 0.3) is 10.9 Å². The van der Waals surface area contributed by atoms with Gasteiger partial charge in [0.05, 0.1) is 5.52 Å². The monoisotopic (exact) mass is 266 g/mol. The van der Waals surface area contributed by atoms with Gasteiger partial charge in [-0.3, -0.25) is 4.79 Å². The largest absolute Gasteiger partial charge is 0.477 e. The number of aromatic carboxylic acids is 1. The molecule has 0 unspecified atom stereocenters. The zero-order chi connectivity index (χ0) is 13.4. The Hall–Kier alpha value is -1.85. The van der Waals surface area contributed by atoms with Gasteiger partial charge in [-0.1, -0.05) is 11.6 Å². The number of carboxylic acids is 1. The van der Waals surface area contributed by atoms with Crippen molar-refractivity contribution in [3.05, 3.63) is 44.7 Å². The first-order chi connectivity index (χ1) is 8.40. The number of hydrogen-bond donors (Lipinski definition) is 3. The lowest BCUT2D eigenvalue weighted by molar-refractivity contribution is 0.0695. The molecule has 2 aromatic rings. The third-order valence-electron chi connectivity index (χ3n) is 2.67. The van der Waals surface area contributed by atoms with Crippen molar-refractivity contribution < 1.29 is 9.90 Å². The van der Waals surface area contributed by atoms with Crippen LogP contribution in [0.4, 0.5) is 0 Å². The minimum absolute atomic E-state index is 0.319. The molecular weight excluding hydrogens is 256 g/mol. The average Bonchev–Trinajstić information content (AvgIpc) is 2.27. The summed E-state index contributed by atoms with van der Waals surface area (Å²) in [7, 11) is 0. The van der Waals surface area contributed by atoms with Gasteiger partial charge in [-0.2, -0.15) is 0 Å². The van der Waals surface area contributed by atoms with Crippen molar-refractivity contribution in [1.29, 1.82) is 0 Å². The van der Waals surface area contributed by atoms with Crippen LogP contribution in [0, 0.1) is 0 Å². The highest BCUT2D eigenvalue weighted by molar-refractivity contribution is 6.31. The molecule has 0 aliphatic carbocycles. The molecule has 1 heterocycles. The Bertz CT molecular complexity index is 692. The summed E-state index contributed by atoms with van der Waals surface area (Å²) in [5.41, 5.74) is 6.02. The minimum atomic E-state index is -1.28. The van der Waals surface area contributed by atoms with Crippen molar-refractivity contribution in [2.24, 2.45) is 5.73 Å². The van der Waals surface area contributed by atoms with Crippen LogP contribution in [0.2, 0.25) is 5.02 Å². The van der Waals surface area contributed by atoms with Gasteiger partial charge in [-0.15, -0.1) is 0 Å². The number of carboxylic acid groups (broad SMARTS) is 1. The van der Waals surface area contributed by atoms with Crippen LogP contribution in [0.1, 0.15) is 28.9 Å². The quantitative estimate of drug-likeness (QED) is 0.773. The number of H-pyrrole nitrogens is 1. The average molecular weight is 267 g/mol. The molecule has 0 spiro atoms. The van der Waals surface area contributed by atoms with E-state index in [2.05, 4.69) is 4.98 Å². The van der Waals surface area contributed by atoms with Crippen molar-refractivity contribution in [3.63, 3.8) is 0 Å². The molecule has 0 amide bonds. The summed E-state index contributed by atoms with van der Waals surface area (Å²) < 4.78 is 0. The van der Waals surface area contributed by atoms with Crippen molar-refractivity contribution >= 4 is 28.5 Å². The van der Waals surface area contributed by atoms with Gasteiger partial charge in [0.15, 0.2) is 0 Å². The topological polar surface area (TPSA) is 96.2 Å². The highest BCUT2D eigenvalue weighted by atomic mass is 35.5. The van der Waals surface area contributed by atoms with E-state index in [1.54, 1.807) is 19.1 Å². The summed E-state index contributed by atoms with van der Waals surface area (Å²) in [6.07, 6.45) is 0. The third kappa shape index (κ3) is 2.10. The highest BCUT2D eigenvalue weighted by Crippen LogP contribution is 2.25. The maximum absolute atomic E-state index is 11.6. The maximum atomic E-state index is 11.6. The molecule has 1 aromatic carbocycles. The van der Waals surface area contributed by atoms with Crippen LogP contribution in [0.5, 0.6) is 0 Å². The van der Waals surface area contributed by atoms with E-state index >= 15 is 0 Å². The molecule has 0 bridgehead atoms. The Balaban J connectivity index is 2.88. The van der Waals surface area contributed by atoms with Crippen LogP contribution < -0.4 is 11.3 Å². The number of halogens is 1. The highest BCUT2D eigenvalue weighted by Gasteiger charge is 2.14. The van der Waals surface area contributed by atoms with Crippen LogP contribution in [-0.4, -0.2) is 16.1 Å². The van der Waals surface area contributed by atoms with E-state index < -0.39 is 11.5 Å². The fraction of sp³-hybridized carbons (Fsp3) is 0.167. The van der Waals surface area contributed by atoms with Crippen LogP contribution in [0.15, 0.2) is 23.0 Å². The SMILES string of the molecule is C[C@H](N)c1cc(Cl)cc2cc(C(=O)O)c(=O)[nH]c12. The number of pyridine rings is 1. The van der Waals surface area contributed by atoms with Gasteiger partial charge in [0.1, 0.15) is 5.56 Å². The van der Waals surface area contributed by atoms with E-state index in [9.17, 15) is 9.59 Å². The van der Waals surface area contributed by atoms with E-state index in [-0.39, 0.29) is 11.6 Å². The Morgan fingerprint density at radius 3 is 2.67 bits per heavy atom. The number of aromatic nitrogens is 1. The van der Waals surface area contributed by atoms with Gasteiger partial charge in [-0.05, 0) is 30.7 Å². The number of nitrogens with two attached hydrogens (primary N) is 1. The molecule has 0 fully saturated rings. The standard InChI is InChI=1S/C12H11ClN2O3/c1-5(14)8-4-7(13)2-6-3-9(12(17)18)11(16)15-10(6)8/h2-5H,14H2,1H3,(H,15,16)(H,17,18)/t5-/m0/s1. The van der Waals surface area contributed by atoms with Crippen LogP contribution in [-0.2, 0) is 0 Å². The normalized spacial score (nSPS) is 12.6. The molecule has 94 valence electrons. The summed E-state index contributed by atoms with van der Waals surface area (Å²) in [4.78, 5) is 25.1. The van der Waals surface area contributed by atoms with Gasteiger partial charge in [0.2, 0.25) is 0 Å². The summed E-state index contributed by atoms with van der Waals surface area (Å²) in [6, 6.07) is 4.22. The molecule has 5 nitrogen and oxygen atoms in total. The molecule has 2 rings (SSSR count). The Kier molecular flexibility index (Phi) is 3.11. The number of nitrogens with one attached hydrogen (secondary N) is 1. The number of aromatic amines is 1. The van der Waals surface area contributed by atoms with Crippen LogP contribution in [0.3, 0.4) is 0 Å². The molecule has 4 N–H and O–H groups in total. The second-order valence-corrected chi connectivity index (χ2v) is 4.50. The van der Waals surface area contributed by atoms with Crippen molar-refractivity contribution in [2.45, 2.75) is 13.0 Å². The van der Waals surface area contributed by atoms with E-state index in [4.69, 9.17) is 22.4 Å². The van der Waals surface area contributed by atoms with E-state index in [1.807, 2.05) is 0 Å². The number of carbonyl (C=O) groups is 1. The van der Waals surface area contributed by atoms with Crippen LogP contribution >= 0.6 is 11.6 Å². The first-order valence-electron chi connectivity index (χ1n) is 5.25. The Morgan fingerprint density at radius 2 is 2.11 bits per heavy atom. The molecule has 0 aliphatic rings. The predicted octanol–water partition coefficient (Wildman–Crippen LogP) is 1.90. The van der Waals surface area contributed by atoms with Crippen molar-refractivity contribution in [3.8, 4) is 0 Å². The minimum Gasteiger partial charge on any atom is -0.477 e. The summed E-state index contributed by atoms with van der Waals surface area (Å²) in [5.74, 6) is -1.28. The molecule has 18 heavy (non-hydrogen) atoms. The molecule has 1 atom stereocenters. The lowest BCUT2D eigenvalue weighted by atomic mass is 10.0. The zero-order valence-electron chi connectivity index (χ0n) is 9.53. The molecular formula is C12H11ClN2O3. The van der Waals surface area contributed by atoms with Gasteiger partial charge >= 0.3 is 5.97 Å². The van der Waals surface area contributed by atoms with Gasteiger partial charge in [-0.25, -0.2) is 4.79 Å². The fourth-order valence-electron chi connectivity index (χ4n) is 1.83. The summed E-state index contributed by atoms with van der Waals surface area (Å²) in [5, 5.41) is 9.89. The first kappa shape index (κ1) is 12.6. The summed E-state index contributed by atoms with van der Waals surface area (Å²) in [6.45, 7) is 1.76. The first-order valence-corrected chi connectivity index (χ1v) is 5.63. The molecule has 0 aliphatic heterocycles. The van der Waals surface area contributed by atoms with Crippen molar-refractivity contribution in [2.75, 3.05) is 0 Å². The van der Waals surface area contributed by atoms with Crippen molar-refractivity contribution in [1.82, 2.24) is 4.98 Å². The molecule has 0 saturated heterocycles. The fourth-order valence-corrected chi connectivity index (χ4v) is 2.06. The molecule has 0 saturated carbocycles. The lowest BCUT2D eigenvalue weighted by Crippen LogP contribution is -2.18. The van der Waals surface area contributed by atoms with E-state index in [1.165, 1.54) is 6.07 Å². The molecule has 6 heteroatoms. The second-order valence-electron chi connectivity index (χ2n) is 4.07. The Morgan fingerprint density at radius 1 is 1.44 bits per heavy atom. The number of hydrogen-bond acceptors (Lipinski definition) is 3. The maximum Gasteiger partial charge on any atom is 0.341 e. The number of benzene rings is 1.